The van der Waals surface area contributed by atoms with Gasteiger partial charge in [0, 0.05) is 26.6 Å². The summed E-state index contributed by atoms with van der Waals surface area (Å²) in [4.78, 5) is 13.3. The van der Waals surface area contributed by atoms with Crippen LogP contribution in [0.2, 0.25) is 10.0 Å². The Morgan fingerprint density at radius 1 is 1.22 bits per heavy atom. The fourth-order valence-corrected chi connectivity index (χ4v) is 3.29. The third-order valence-electron chi connectivity index (χ3n) is 3.30. The maximum absolute atomic E-state index is 12.2. The Kier molecular flexibility index (Phi) is 7.80. The molecule has 1 amide bonds. The summed E-state index contributed by atoms with van der Waals surface area (Å²) in [6.45, 7) is 6.70. The first-order valence-corrected chi connectivity index (χ1v) is 9.57. The van der Waals surface area contributed by atoms with Crippen molar-refractivity contribution in [3.63, 3.8) is 0 Å². The van der Waals surface area contributed by atoms with Crippen molar-refractivity contribution in [2.24, 2.45) is 5.92 Å². The van der Waals surface area contributed by atoms with Crippen molar-refractivity contribution < 1.29 is 13.2 Å². The number of hydrogen-bond acceptors (Lipinski definition) is 3. The van der Waals surface area contributed by atoms with Crippen LogP contribution in [0.25, 0.3) is 0 Å². The fourth-order valence-electron chi connectivity index (χ4n) is 1.88. The van der Waals surface area contributed by atoms with Gasteiger partial charge in [0.25, 0.3) is 0 Å². The molecule has 1 aromatic carbocycles. The Hall–Kier alpha value is -0.820. The van der Waals surface area contributed by atoms with Gasteiger partial charge < -0.3 is 4.90 Å². The van der Waals surface area contributed by atoms with Crippen LogP contribution in [-0.4, -0.2) is 38.9 Å². The van der Waals surface area contributed by atoms with E-state index in [1.54, 1.807) is 4.90 Å². The molecule has 0 fully saturated rings. The number of nitrogens with one attached hydrogen (secondary N) is 1. The molecule has 1 N–H and O–H groups in total. The van der Waals surface area contributed by atoms with Gasteiger partial charge >= 0.3 is 0 Å². The molecule has 0 saturated heterocycles. The summed E-state index contributed by atoms with van der Waals surface area (Å²) in [5, 5.41) is 0.471. The van der Waals surface area contributed by atoms with Crippen molar-refractivity contribution in [3.8, 4) is 0 Å². The van der Waals surface area contributed by atoms with Crippen molar-refractivity contribution in [1.82, 2.24) is 9.62 Å². The van der Waals surface area contributed by atoms with Crippen LogP contribution in [0, 0.1) is 5.92 Å². The number of carbonyl (C=O) groups is 1. The highest BCUT2D eigenvalue weighted by Gasteiger charge is 2.16. The predicted molar refractivity (Wildman–Crippen MR) is 93.4 cm³/mol. The van der Waals surface area contributed by atoms with E-state index in [0.29, 0.717) is 24.0 Å². The second kappa shape index (κ2) is 8.87. The highest BCUT2D eigenvalue weighted by atomic mass is 35.5. The van der Waals surface area contributed by atoms with E-state index in [0.717, 1.165) is 6.42 Å². The number of sulfonamides is 1. The van der Waals surface area contributed by atoms with Crippen molar-refractivity contribution >= 4 is 39.1 Å². The SMILES string of the molecule is CC(=O)N(CCNS(=O)(=O)c1ccc(Cl)c(Cl)c1)CCC(C)C. The van der Waals surface area contributed by atoms with Crippen molar-refractivity contribution in [3.05, 3.63) is 28.2 Å². The quantitative estimate of drug-likeness (QED) is 0.752. The summed E-state index contributed by atoms with van der Waals surface area (Å²) in [6, 6.07) is 4.12. The number of carbonyl (C=O) groups excluding carboxylic acids is 1. The molecule has 0 aromatic heterocycles. The fraction of sp³-hybridized carbons (Fsp3) is 0.533. The molecule has 0 aliphatic rings. The summed E-state index contributed by atoms with van der Waals surface area (Å²) >= 11 is 11.6. The monoisotopic (exact) mass is 380 g/mol. The first-order valence-electron chi connectivity index (χ1n) is 7.33. The largest absolute Gasteiger partial charge is 0.342 e. The summed E-state index contributed by atoms with van der Waals surface area (Å²) < 4.78 is 26.9. The lowest BCUT2D eigenvalue weighted by atomic mass is 10.1. The van der Waals surface area contributed by atoms with Crippen LogP contribution in [0.4, 0.5) is 0 Å². The van der Waals surface area contributed by atoms with E-state index in [2.05, 4.69) is 18.6 Å². The van der Waals surface area contributed by atoms with E-state index < -0.39 is 10.0 Å². The first kappa shape index (κ1) is 20.2. The molecule has 0 aliphatic carbocycles. The lowest BCUT2D eigenvalue weighted by Gasteiger charge is -2.22. The second-order valence-electron chi connectivity index (χ2n) is 5.66. The zero-order valence-electron chi connectivity index (χ0n) is 13.5. The van der Waals surface area contributed by atoms with Gasteiger partial charge in [-0.15, -0.1) is 0 Å². The van der Waals surface area contributed by atoms with Gasteiger partial charge in [0.05, 0.1) is 14.9 Å². The smallest absolute Gasteiger partial charge is 0.240 e. The van der Waals surface area contributed by atoms with E-state index >= 15 is 0 Å². The van der Waals surface area contributed by atoms with Crippen LogP contribution in [0.1, 0.15) is 27.2 Å². The molecule has 0 atom stereocenters. The first-order chi connectivity index (χ1) is 10.6. The zero-order valence-corrected chi connectivity index (χ0v) is 15.8. The van der Waals surface area contributed by atoms with E-state index in [9.17, 15) is 13.2 Å². The molecule has 0 heterocycles. The van der Waals surface area contributed by atoms with Gasteiger partial charge in [-0.25, -0.2) is 13.1 Å². The average Bonchev–Trinajstić information content (AvgIpc) is 2.44. The molecule has 1 aromatic rings. The highest BCUT2D eigenvalue weighted by molar-refractivity contribution is 7.89. The summed E-state index contributed by atoms with van der Waals surface area (Å²) in [5.74, 6) is 0.407. The van der Waals surface area contributed by atoms with Gasteiger partial charge in [-0.05, 0) is 30.5 Å². The van der Waals surface area contributed by atoms with Gasteiger partial charge in [-0.3, -0.25) is 4.79 Å². The van der Waals surface area contributed by atoms with Crippen LogP contribution < -0.4 is 4.72 Å². The Morgan fingerprint density at radius 3 is 2.39 bits per heavy atom. The molecule has 8 heteroatoms. The van der Waals surface area contributed by atoms with Crippen LogP contribution >= 0.6 is 23.2 Å². The number of rotatable bonds is 8. The number of benzene rings is 1. The minimum Gasteiger partial charge on any atom is -0.342 e. The van der Waals surface area contributed by atoms with Crippen LogP contribution in [0.3, 0.4) is 0 Å². The molecule has 5 nitrogen and oxygen atoms in total. The molecule has 0 unspecified atom stereocenters. The molecular weight excluding hydrogens is 359 g/mol. The Labute approximate surface area is 148 Å². The Morgan fingerprint density at radius 2 is 1.87 bits per heavy atom. The van der Waals surface area contributed by atoms with Gasteiger partial charge in [0.2, 0.25) is 15.9 Å². The predicted octanol–water partition coefficient (Wildman–Crippen LogP) is 3.17. The highest BCUT2D eigenvalue weighted by Crippen LogP contribution is 2.24. The molecule has 1 rings (SSSR count). The average molecular weight is 381 g/mol. The van der Waals surface area contributed by atoms with E-state index in [1.807, 2.05) is 0 Å². The summed E-state index contributed by atoms with van der Waals surface area (Å²) in [6.07, 6.45) is 0.874. The maximum atomic E-state index is 12.2. The molecule has 0 spiro atoms. The van der Waals surface area contributed by atoms with Crippen LogP contribution in [-0.2, 0) is 14.8 Å². The number of hydrogen-bond donors (Lipinski definition) is 1. The second-order valence-corrected chi connectivity index (χ2v) is 8.24. The minimum absolute atomic E-state index is 0.0449. The van der Waals surface area contributed by atoms with E-state index in [1.165, 1.54) is 25.1 Å². The summed E-state index contributed by atoms with van der Waals surface area (Å²) in [7, 11) is -3.68. The van der Waals surface area contributed by atoms with E-state index in [4.69, 9.17) is 23.2 Å². The molecule has 23 heavy (non-hydrogen) atoms. The van der Waals surface area contributed by atoms with Crippen molar-refractivity contribution in [2.75, 3.05) is 19.6 Å². The Balaban J connectivity index is 2.64. The number of nitrogens with zero attached hydrogens (tertiary/aromatic N) is 1. The molecule has 0 radical (unpaired) electrons. The molecule has 0 bridgehead atoms. The topological polar surface area (TPSA) is 66.5 Å². The maximum Gasteiger partial charge on any atom is 0.240 e. The molecule has 0 saturated carbocycles. The standard InChI is InChI=1S/C15H22Cl2N2O3S/c1-11(2)6-8-19(12(3)20)9-7-18-23(21,22)13-4-5-14(16)15(17)10-13/h4-5,10-11,18H,6-9H2,1-3H3. The molecule has 0 aliphatic heterocycles. The molecule has 130 valence electrons. The van der Waals surface area contributed by atoms with Crippen molar-refractivity contribution in [1.29, 1.82) is 0 Å². The normalized spacial score (nSPS) is 11.7. The lowest BCUT2D eigenvalue weighted by Crippen LogP contribution is -2.38. The van der Waals surface area contributed by atoms with Gasteiger partial charge in [0.1, 0.15) is 0 Å². The Bertz CT molecular complexity index is 648. The van der Waals surface area contributed by atoms with E-state index in [-0.39, 0.29) is 22.4 Å². The van der Waals surface area contributed by atoms with Crippen LogP contribution in [0.5, 0.6) is 0 Å². The van der Waals surface area contributed by atoms with Gasteiger partial charge in [-0.1, -0.05) is 37.0 Å². The van der Waals surface area contributed by atoms with Gasteiger partial charge in [-0.2, -0.15) is 0 Å². The number of amides is 1. The van der Waals surface area contributed by atoms with Crippen molar-refractivity contribution in [2.45, 2.75) is 32.1 Å². The molecular formula is C15H22Cl2N2O3S. The van der Waals surface area contributed by atoms with Crippen LogP contribution in [0.15, 0.2) is 23.1 Å². The van der Waals surface area contributed by atoms with Gasteiger partial charge in [0.15, 0.2) is 0 Å². The third kappa shape index (κ3) is 6.67. The summed E-state index contributed by atoms with van der Waals surface area (Å²) in [5.41, 5.74) is 0. The number of halogens is 2. The lowest BCUT2D eigenvalue weighted by molar-refractivity contribution is -0.128. The zero-order chi connectivity index (χ0) is 17.6. The third-order valence-corrected chi connectivity index (χ3v) is 5.49. The minimum atomic E-state index is -3.68.